The number of amides is 1. The molecule has 0 saturated carbocycles. The van der Waals surface area contributed by atoms with Gasteiger partial charge in [-0.1, -0.05) is 6.07 Å². The molecule has 0 aliphatic carbocycles. The molecule has 0 aliphatic rings. The zero-order chi connectivity index (χ0) is 14.7. The van der Waals surface area contributed by atoms with Crippen LogP contribution in [-0.2, 0) is 0 Å². The Kier molecular flexibility index (Phi) is 4.09. The molecule has 0 atom stereocenters. The second-order valence-electron chi connectivity index (χ2n) is 4.05. The predicted molar refractivity (Wildman–Crippen MR) is 77.7 cm³/mol. The average Bonchev–Trinajstić information content (AvgIpc) is 2.41. The monoisotopic (exact) mass is 335 g/mol. The van der Waals surface area contributed by atoms with E-state index in [0.29, 0.717) is 21.4 Å². The van der Waals surface area contributed by atoms with E-state index in [9.17, 15) is 14.9 Å². The summed E-state index contributed by atoms with van der Waals surface area (Å²) in [6, 6.07) is 7.78. The van der Waals surface area contributed by atoms with E-state index in [1.54, 1.807) is 37.4 Å². The third kappa shape index (κ3) is 3.00. The summed E-state index contributed by atoms with van der Waals surface area (Å²) in [6.45, 7) is 1.64. The van der Waals surface area contributed by atoms with Gasteiger partial charge in [0, 0.05) is 23.5 Å². The maximum atomic E-state index is 12.1. The summed E-state index contributed by atoms with van der Waals surface area (Å²) in [7, 11) is 0. The molecule has 7 heteroatoms. The van der Waals surface area contributed by atoms with Crippen LogP contribution in [0.1, 0.15) is 15.9 Å². The van der Waals surface area contributed by atoms with Crippen LogP contribution in [0.5, 0.6) is 0 Å². The lowest BCUT2D eigenvalue weighted by atomic mass is 10.2. The molecular formula is C13H10BrN3O3. The standard InChI is InChI=1S/C13H10BrN3O3/c1-8-4-5-9(7-11(8)17(19)20)16-13(18)10-3-2-6-15-12(10)14/h2-7H,1H3,(H,16,18). The quantitative estimate of drug-likeness (QED) is 0.529. The molecule has 0 radical (unpaired) electrons. The van der Waals surface area contributed by atoms with Crippen molar-refractivity contribution in [3.8, 4) is 0 Å². The molecule has 20 heavy (non-hydrogen) atoms. The highest BCUT2D eigenvalue weighted by Crippen LogP contribution is 2.23. The number of benzene rings is 1. The number of aryl methyl sites for hydroxylation is 1. The third-order valence-electron chi connectivity index (χ3n) is 2.67. The number of pyridine rings is 1. The number of rotatable bonds is 3. The highest BCUT2D eigenvalue weighted by atomic mass is 79.9. The first-order valence-corrected chi connectivity index (χ1v) is 6.45. The minimum Gasteiger partial charge on any atom is -0.322 e. The fraction of sp³-hybridized carbons (Fsp3) is 0.0769. The second-order valence-corrected chi connectivity index (χ2v) is 4.81. The van der Waals surface area contributed by atoms with E-state index in [1.807, 2.05) is 0 Å². The van der Waals surface area contributed by atoms with Crippen LogP contribution in [0, 0.1) is 17.0 Å². The molecule has 2 aromatic rings. The highest BCUT2D eigenvalue weighted by Gasteiger charge is 2.14. The number of hydrogen-bond acceptors (Lipinski definition) is 4. The highest BCUT2D eigenvalue weighted by molar-refractivity contribution is 9.10. The lowest BCUT2D eigenvalue weighted by Crippen LogP contribution is -2.13. The molecule has 0 aliphatic heterocycles. The topological polar surface area (TPSA) is 85.1 Å². The molecule has 1 aromatic carbocycles. The Labute approximate surface area is 123 Å². The number of nitrogens with one attached hydrogen (secondary N) is 1. The summed E-state index contributed by atoms with van der Waals surface area (Å²) in [6.07, 6.45) is 1.55. The van der Waals surface area contributed by atoms with Gasteiger partial charge in [0.1, 0.15) is 4.60 Å². The van der Waals surface area contributed by atoms with E-state index in [-0.39, 0.29) is 11.6 Å². The van der Waals surface area contributed by atoms with E-state index < -0.39 is 4.92 Å². The number of nitro benzene ring substituents is 1. The summed E-state index contributed by atoms with van der Waals surface area (Å²) in [5, 5.41) is 13.5. The van der Waals surface area contributed by atoms with E-state index in [0.717, 1.165) is 0 Å². The van der Waals surface area contributed by atoms with Crippen molar-refractivity contribution in [2.75, 3.05) is 5.32 Å². The van der Waals surface area contributed by atoms with E-state index in [1.165, 1.54) is 6.07 Å². The van der Waals surface area contributed by atoms with Crippen molar-refractivity contribution in [1.82, 2.24) is 4.98 Å². The van der Waals surface area contributed by atoms with Crippen molar-refractivity contribution in [2.24, 2.45) is 0 Å². The molecule has 2 rings (SSSR count). The summed E-state index contributed by atoms with van der Waals surface area (Å²) in [5.74, 6) is -0.386. The van der Waals surface area contributed by atoms with Crippen LogP contribution in [-0.4, -0.2) is 15.8 Å². The van der Waals surface area contributed by atoms with E-state index in [2.05, 4.69) is 26.2 Å². The molecule has 0 fully saturated rings. The van der Waals surface area contributed by atoms with Crippen LogP contribution in [0.4, 0.5) is 11.4 Å². The fourth-order valence-corrected chi connectivity index (χ4v) is 2.07. The molecule has 0 saturated heterocycles. The Balaban J connectivity index is 2.27. The minimum absolute atomic E-state index is 0.0342. The first kappa shape index (κ1) is 14.1. The fourth-order valence-electron chi connectivity index (χ4n) is 1.64. The van der Waals surface area contributed by atoms with Crippen LogP contribution in [0.2, 0.25) is 0 Å². The largest absolute Gasteiger partial charge is 0.322 e. The van der Waals surface area contributed by atoms with Crippen LogP contribution < -0.4 is 5.32 Å². The van der Waals surface area contributed by atoms with Gasteiger partial charge >= 0.3 is 0 Å². The summed E-state index contributed by atoms with van der Waals surface area (Å²) in [4.78, 5) is 26.4. The van der Waals surface area contributed by atoms with Gasteiger partial charge in [0.2, 0.25) is 0 Å². The van der Waals surface area contributed by atoms with Crippen LogP contribution >= 0.6 is 15.9 Å². The number of hydrogen-bond donors (Lipinski definition) is 1. The average molecular weight is 336 g/mol. The van der Waals surface area contributed by atoms with Crippen molar-refractivity contribution < 1.29 is 9.72 Å². The number of nitrogens with zero attached hydrogens (tertiary/aromatic N) is 2. The molecule has 0 spiro atoms. The van der Waals surface area contributed by atoms with Crippen molar-refractivity contribution in [3.05, 3.63) is 62.4 Å². The smallest absolute Gasteiger partial charge is 0.274 e. The Morgan fingerprint density at radius 2 is 2.15 bits per heavy atom. The molecular weight excluding hydrogens is 326 g/mol. The molecule has 6 nitrogen and oxygen atoms in total. The van der Waals surface area contributed by atoms with Crippen LogP contribution in [0.15, 0.2) is 41.1 Å². The van der Waals surface area contributed by atoms with Gasteiger partial charge < -0.3 is 5.32 Å². The normalized spacial score (nSPS) is 10.1. The van der Waals surface area contributed by atoms with Gasteiger partial charge in [0.25, 0.3) is 11.6 Å². The van der Waals surface area contributed by atoms with Crippen LogP contribution in [0.3, 0.4) is 0 Å². The Hall–Kier alpha value is -2.28. The van der Waals surface area contributed by atoms with Crippen molar-refractivity contribution in [1.29, 1.82) is 0 Å². The summed E-state index contributed by atoms with van der Waals surface area (Å²) >= 11 is 3.18. The lowest BCUT2D eigenvalue weighted by Gasteiger charge is -2.07. The van der Waals surface area contributed by atoms with Gasteiger partial charge in [-0.25, -0.2) is 4.98 Å². The van der Waals surface area contributed by atoms with E-state index in [4.69, 9.17) is 0 Å². The maximum Gasteiger partial charge on any atom is 0.274 e. The number of carbonyl (C=O) groups is 1. The third-order valence-corrected chi connectivity index (χ3v) is 3.30. The Morgan fingerprint density at radius 1 is 1.40 bits per heavy atom. The summed E-state index contributed by atoms with van der Waals surface area (Å²) < 4.78 is 0.416. The zero-order valence-electron chi connectivity index (χ0n) is 10.5. The molecule has 1 N–H and O–H groups in total. The minimum atomic E-state index is -0.481. The number of aromatic nitrogens is 1. The van der Waals surface area contributed by atoms with Crippen molar-refractivity contribution >= 4 is 33.2 Å². The molecule has 0 unspecified atom stereocenters. The van der Waals surface area contributed by atoms with Gasteiger partial charge in [0.05, 0.1) is 10.5 Å². The second kappa shape index (κ2) is 5.79. The Bertz CT molecular complexity index is 688. The molecule has 102 valence electrons. The number of carbonyl (C=O) groups excluding carboxylic acids is 1. The zero-order valence-corrected chi connectivity index (χ0v) is 12.0. The predicted octanol–water partition coefficient (Wildman–Crippen LogP) is 3.31. The van der Waals surface area contributed by atoms with Gasteiger partial charge in [-0.05, 0) is 41.1 Å². The molecule has 1 aromatic heterocycles. The molecule has 1 amide bonds. The first-order valence-electron chi connectivity index (χ1n) is 5.66. The van der Waals surface area contributed by atoms with Gasteiger partial charge in [-0.15, -0.1) is 0 Å². The molecule has 1 heterocycles. The van der Waals surface area contributed by atoms with Gasteiger partial charge in [-0.3, -0.25) is 14.9 Å². The number of halogens is 1. The summed E-state index contributed by atoms with van der Waals surface area (Å²) in [5.41, 5.74) is 1.22. The van der Waals surface area contributed by atoms with Gasteiger partial charge in [-0.2, -0.15) is 0 Å². The number of nitro groups is 1. The van der Waals surface area contributed by atoms with Crippen LogP contribution in [0.25, 0.3) is 0 Å². The van der Waals surface area contributed by atoms with Crippen molar-refractivity contribution in [2.45, 2.75) is 6.92 Å². The first-order chi connectivity index (χ1) is 9.49. The number of anilines is 1. The lowest BCUT2D eigenvalue weighted by molar-refractivity contribution is -0.385. The van der Waals surface area contributed by atoms with Gasteiger partial charge in [0.15, 0.2) is 0 Å². The molecule has 0 bridgehead atoms. The van der Waals surface area contributed by atoms with Crippen molar-refractivity contribution in [3.63, 3.8) is 0 Å². The SMILES string of the molecule is Cc1ccc(NC(=O)c2cccnc2Br)cc1[N+](=O)[O-]. The maximum absolute atomic E-state index is 12.1. The Morgan fingerprint density at radius 3 is 2.80 bits per heavy atom. The van der Waals surface area contributed by atoms with E-state index >= 15 is 0 Å².